The maximum absolute atomic E-state index is 12.5. The number of carboxylic acid groups (broad SMARTS) is 1. The normalized spacial score (nSPS) is 20.3. The van der Waals surface area contributed by atoms with E-state index in [1.165, 1.54) is 9.47 Å². The predicted octanol–water partition coefficient (Wildman–Crippen LogP) is -0.220. The molecule has 2 atom stereocenters. The van der Waals surface area contributed by atoms with Crippen LogP contribution in [0.25, 0.3) is 10.9 Å². The number of morpholine rings is 1. The van der Waals surface area contributed by atoms with Crippen LogP contribution in [0.1, 0.15) is 13.3 Å². The van der Waals surface area contributed by atoms with E-state index in [0.717, 1.165) is 0 Å². The topological polar surface area (TPSA) is 122 Å². The van der Waals surface area contributed by atoms with Crippen LogP contribution < -0.4 is 11.2 Å². The lowest BCUT2D eigenvalue weighted by molar-refractivity contribution is -0.166. The molecule has 9 heteroatoms. The van der Waals surface area contributed by atoms with Gasteiger partial charge < -0.3 is 14.7 Å². The summed E-state index contributed by atoms with van der Waals surface area (Å²) in [4.78, 5) is 51.3. The van der Waals surface area contributed by atoms with E-state index >= 15 is 0 Å². The van der Waals surface area contributed by atoms with Crippen LogP contribution in [0.4, 0.5) is 0 Å². The van der Waals surface area contributed by atoms with Crippen molar-refractivity contribution in [2.24, 2.45) is 0 Å². The molecule has 0 bridgehead atoms. The maximum atomic E-state index is 12.5. The number of nitrogens with one attached hydrogen (secondary N) is 1. The van der Waals surface area contributed by atoms with Crippen molar-refractivity contribution in [3.05, 3.63) is 45.1 Å². The highest BCUT2D eigenvalue weighted by molar-refractivity contribution is 5.80. The van der Waals surface area contributed by atoms with E-state index in [1.54, 1.807) is 31.2 Å². The van der Waals surface area contributed by atoms with Gasteiger partial charge in [0, 0.05) is 19.5 Å². The number of aryl methyl sites for hydroxylation is 1. The van der Waals surface area contributed by atoms with Gasteiger partial charge in [0.2, 0.25) is 5.91 Å². The summed E-state index contributed by atoms with van der Waals surface area (Å²) >= 11 is 0. The van der Waals surface area contributed by atoms with E-state index in [2.05, 4.69) is 4.98 Å². The molecule has 0 spiro atoms. The summed E-state index contributed by atoms with van der Waals surface area (Å²) in [6.07, 6.45) is -1.43. The molecular formula is C17H19N3O6. The average Bonchev–Trinajstić information content (AvgIpc) is 2.60. The van der Waals surface area contributed by atoms with Gasteiger partial charge in [0.25, 0.3) is 5.56 Å². The second-order valence-corrected chi connectivity index (χ2v) is 6.25. The molecule has 2 N–H and O–H groups in total. The van der Waals surface area contributed by atoms with Crippen LogP contribution in [0.15, 0.2) is 33.9 Å². The number of aromatic nitrogens is 2. The smallest absolute Gasteiger partial charge is 0.334 e. The molecule has 1 amide bonds. The van der Waals surface area contributed by atoms with Crippen LogP contribution in [0, 0.1) is 0 Å². The molecule has 1 aliphatic rings. The van der Waals surface area contributed by atoms with Crippen molar-refractivity contribution in [2.45, 2.75) is 32.1 Å². The Morgan fingerprint density at radius 1 is 1.27 bits per heavy atom. The highest BCUT2D eigenvalue weighted by Crippen LogP contribution is 2.13. The van der Waals surface area contributed by atoms with E-state index in [0.29, 0.717) is 17.4 Å². The predicted molar refractivity (Wildman–Crippen MR) is 92.0 cm³/mol. The summed E-state index contributed by atoms with van der Waals surface area (Å²) in [6, 6.07) is 6.65. The summed E-state index contributed by atoms with van der Waals surface area (Å²) in [5.74, 6) is -1.38. The van der Waals surface area contributed by atoms with Crippen molar-refractivity contribution in [3.63, 3.8) is 0 Å². The number of carbonyl (C=O) groups is 2. The number of amides is 1. The number of para-hydroxylation sites is 1. The van der Waals surface area contributed by atoms with Crippen LogP contribution in [0.5, 0.6) is 0 Å². The first kappa shape index (κ1) is 17.9. The van der Waals surface area contributed by atoms with E-state index in [4.69, 9.17) is 9.84 Å². The van der Waals surface area contributed by atoms with Crippen molar-refractivity contribution >= 4 is 22.8 Å². The Balaban J connectivity index is 1.78. The van der Waals surface area contributed by atoms with Crippen molar-refractivity contribution in [1.82, 2.24) is 14.5 Å². The Bertz CT molecular complexity index is 963. The van der Waals surface area contributed by atoms with Gasteiger partial charge in [0.15, 0.2) is 6.10 Å². The van der Waals surface area contributed by atoms with E-state index in [-0.39, 0.29) is 31.5 Å². The van der Waals surface area contributed by atoms with Crippen LogP contribution in [0.3, 0.4) is 0 Å². The molecule has 26 heavy (non-hydrogen) atoms. The Labute approximate surface area is 147 Å². The molecule has 1 fully saturated rings. The third kappa shape index (κ3) is 3.52. The van der Waals surface area contributed by atoms with E-state index in [9.17, 15) is 19.2 Å². The highest BCUT2D eigenvalue weighted by atomic mass is 16.5. The molecule has 1 unspecified atom stereocenters. The van der Waals surface area contributed by atoms with Crippen molar-refractivity contribution in [3.8, 4) is 0 Å². The number of fused-ring (bicyclic) bond motifs is 1. The number of aromatic amines is 1. The van der Waals surface area contributed by atoms with Gasteiger partial charge >= 0.3 is 11.7 Å². The minimum Gasteiger partial charge on any atom is -0.479 e. The van der Waals surface area contributed by atoms with E-state index in [1.807, 2.05) is 0 Å². The summed E-state index contributed by atoms with van der Waals surface area (Å²) in [5, 5.41) is 9.47. The number of hydrogen-bond donors (Lipinski definition) is 2. The molecule has 0 radical (unpaired) electrons. The number of H-pyrrole nitrogens is 1. The monoisotopic (exact) mass is 361 g/mol. The summed E-state index contributed by atoms with van der Waals surface area (Å²) in [7, 11) is 0. The second kappa shape index (κ2) is 7.12. The van der Waals surface area contributed by atoms with E-state index < -0.39 is 23.3 Å². The Kier molecular flexibility index (Phi) is 4.90. The summed E-state index contributed by atoms with van der Waals surface area (Å²) in [5.41, 5.74) is -0.604. The van der Waals surface area contributed by atoms with Crippen LogP contribution in [0.2, 0.25) is 0 Å². The molecule has 1 aromatic heterocycles. The van der Waals surface area contributed by atoms with Crippen molar-refractivity contribution in [1.29, 1.82) is 0 Å². The largest absolute Gasteiger partial charge is 0.479 e. The summed E-state index contributed by atoms with van der Waals surface area (Å²) < 4.78 is 6.63. The van der Waals surface area contributed by atoms with Gasteiger partial charge in [-0.25, -0.2) is 9.59 Å². The number of rotatable bonds is 4. The minimum atomic E-state index is -1.11. The van der Waals surface area contributed by atoms with Crippen molar-refractivity contribution in [2.75, 3.05) is 13.1 Å². The van der Waals surface area contributed by atoms with Crippen LogP contribution in [-0.4, -0.2) is 56.7 Å². The number of hydrogen-bond acceptors (Lipinski definition) is 5. The lowest BCUT2D eigenvalue weighted by atomic mass is 10.2. The fraction of sp³-hybridized carbons (Fsp3) is 0.412. The number of nitrogens with zero attached hydrogens (tertiary/aromatic N) is 2. The Hall–Kier alpha value is -2.94. The average molecular weight is 361 g/mol. The number of benzene rings is 1. The zero-order valence-corrected chi connectivity index (χ0v) is 14.2. The number of aliphatic carboxylic acids is 1. The fourth-order valence-corrected chi connectivity index (χ4v) is 3.12. The SMILES string of the molecule is C[C@@H]1CN(C(=O)CCn2c(=O)[nH]c(=O)c3ccccc32)CC(C(=O)O)O1. The lowest BCUT2D eigenvalue weighted by Crippen LogP contribution is -2.52. The quantitative estimate of drug-likeness (QED) is 0.776. The van der Waals surface area contributed by atoms with Gasteiger partial charge in [-0.3, -0.25) is 19.1 Å². The van der Waals surface area contributed by atoms with Gasteiger partial charge in [0.1, 0.15) is 0 Å². The zero-order chi connectivity index (χ0) is 18.8. The van der Waals surface area contributed by atoms with Gasteiger partial charge in [-0.05, 0) is 19.1 Å². The standard InChI is InChI=1S/C17H19N3O6/c1-10-8-19(9-13(26-10)16(23)24)14(21)6-7-20-12-5-3-2-4-11(12)15(22)18-17(20)25/h2-5,10,13H,6-9H2,1H3,(H,23,24)(H,18,22,25)/t10-,13?/m1/s1. The minimum absolute atomic E-state index is 0.00893. The molecule has 2 heterocycles. The zero-order valence-electron chi connectivity index (χ0n) is 14.2. The number of ether oxygens (including phenoxy) is 1. The number of carbonyl (C=O) groups excluding carboxylic acids is 1. The molecule has 1 aromatic carbocycles. The molecule has 9 nitrogen and oxygen atoms in total. The van der Waals surface area contributed by atoms with Crippen LogP contribution >= 0.6 is 0 Å². The molecular weight excluding hydrogens is 342 g/mol. The maximum Gasteiger partial charge on any atom is 0.334 e. The molecule has 0 aliphatic carbocycles. The third-order valence-corrected chi connectivity index (χ3v) is 4.34. The first-order chi connectivity index (χ1) is 12.4. The van der Waals surface area contributed by atoms with Gasteiger partial charge in [-0.1, -0.05) is 12.1 Å². The van der Waals surface area contributed by atoms with Crippen molar-refractivity contribution < 1.29 is 19.4 Å². The molecule has 1 saturated heterocycles. The van der Waals surface area contributed by atoms with Gasteiger partial charge in [0.05, 0.1) is 23.6 Å². The van der Waals surface area contributed by atoms with Gasteiger partial charge in [-0.2, -0.15) is 0 Å². The number of carboxylic acids is 1. The molecule has 3 rings (SSSR count). The molecule has 1 aliphatic heterocycles. The van der Waals surface area contributed by atoms with Gasteiger partial charge in [-0.15, -0.1) is 0 Å². The first-order valence-electron chi connectivity index (χ1n) is 8.24. The third-order valence-electron chi connectivity index (χ3n) is 4.34. The molecule has 0 saturated carbocycles. The Morgan fingerprint density at radius 2 is 2.00 bits per heavy atom. The fourth-order valence-electron chi connectivity index (χ4n) is 3.12. The first-order valence-corrected chi connectivity index (χ1v) is 8.24. The lowest BCUT2D eigenvalue weighted by Gasteiger charge is -2.35. The molecule has 138 valence electrons. The summed E-state index contributed by atoms with van der Waals surface area (Å²) in [6.45, 7) is 2.05. The molecule has 2 aromatic rings. The second-order valence-electron chi connectivity index (χ2n) is 6.25. The Morgan fingerprint density at radius 3 is 2.73 bits per heavy atom. The highest BCUT2D eigenvalue weighted by Gasteiger charge is 2.32. The van der Waals surface area contributed by atoms with Crippen LogP contribution in [-0.2, 0) is 20.9 Å².